The van der Waals surface area contributed by atoms with Gasteiger partial charge >= 0.3 is 6.36 Å². The molecule has 0 saturated carbocycles. The Morgan fingerprint density at radius 2 is 2.00 bits per heavy atom. The van der Waals surface area contributed by atoms with Gasteiger partial charge in [0, 0.05) is 4.47 Å². The number of aromatic hydroxyl groups is 1. The molecule has 90 valence electrons. The van der Waals surface area contributed by atoms with Crippen molar-refractivity contribution in [3.05, 3.63) is 22.2 Å². The lowest BCUT2D eigenvalue weighted by Gasteiger charge is -2.13. The Kier molecular flexibility index (Phi) is 4.07. The number of hydrogen-bond donors (Lipinski definition) is 1. The third-order valence-corrected chi connectivity index (χ3v) is 2.32. The molecule has 0 aliphatic rings. The number of phenols is 1. The van der Waals surface area contributed by atoms with Gasteiger partial charge in [-0.05, 0) is 24.1 Å². The zero-order valence-electron chi connectivity index (χ0n) is 8.44. The van der Waals surface area contributed by atoms with Crippen molar-refractivity contribution >= 4 is 15.9 Å². The van der Waals surface area contributed by atoms with Crippen molar-refractivity contribution in [1.29, 1.82) is 0 Å². The molecule has 1 rings (SSSR count). The number of alkyl halides is 3. The van der Waals surface area contributed by atoms with E-state index in [1.54, 1.807) is 6.07 Å². The van der Waals surface area contributed by atoms with Crippen LogP contribution in [0.4, 0.5) is 13.2 Å². The Morgan fingerprint density at radius 3 is 2.50 bits per heavy atom. The zero-order valence-corrected chi connectivity index (χ0v) is 10.0. The Bertz CT molecular complexity index is 377. The monoisotopic (exact) mass is 298 g/mol. The molecule has 0 aromatic heterocycles. The smallest absolute Gasteiger partial charge is 0.504 e. The lowest BCUT2D eigenvalue weighted by atomic mass is 10.1. The normalized spacial score (nSPS) is 11.6. The van der Waals surface area contributed by atoms with Crippen LogP contribution in [0, 0.1) is 0 Å². The van der Waals surface area contributed by atoms with E-state index < -0.39 is 17.9 Å². The molecule has 1 N–H and O–H groups in total. The summed E-state index contributed by atoms with van der Waals surface area (Å²) >= 11 is 3.07. The molecule has 0 unspecified atom stereocenters. The molecule has 0 atom stereocenters. The summed E-state index contributed by atoms with van der Waals surface area (Å²) < 4.78 is 40.2. The standard InChI is InChI=1S/C10H10BrF3O2/c1-2-3-6-4-7(11)5-8(9(6)15)16-10(12,13)14/h4-5,15H,2-3H2,1H3. The van der Waals surface area contributed by atoms with Gasteiger partial charge in [-0.25, -0.2) is 0 Å². The van der Waals surface area contributed by atoms with Crippen molar-refractivity contribution in [2.24, 2.45) is 0 Å². The van der Waals surface area contributed by atoms with Crippen molar-refractivity contribution < 1.29 is 23.0 Å². The van der Waals surface area contributed by atoms with Crippen LogP contribution in [-0.4, -0.2) is 11.5 Å². The predicted molar refractivity (Wildman–Crippen MR) is 56.5 cm³/mol. The quantitative estimate of drug-likeness (QED) is 0.914. The molecular weight excluding hydrogens is 289 g/mol. The van der Waals surface area contributed by atoms with E-state index >= 15 is 0 Å². The molecule has 0 fully saturated rings. The Morgan fingerprint density at radius 1 is 1.38 bits per heavy atom. The molecule has 0 heterocycles. The van der Waals surface area contributed by atoms with Crippen LogP contribution in [-0.2, 0) is 6.42 Å². The maximum absolute atomic E-state index is 12.0. The maximum Gasteiger partial charge on any atom is 0.573 e. The van der Waals surface area contributed by atoms with E-state index in [0.717, 1.165) is 12.5 Å². The van der Waals surface area contributed by atoms with Gasteiger partial charge < -0.3 is 9.84 Å². The van der Waals surface area contributed by atoms with Crippen LogP contribution >= 0.6 is 15.9 Å². The molecule has 16 heavy (non-hydrogen) atoms. The van der Waals surface area contributed by atoms with Gasteiger partial charge in [-0.15, -0.1) is 13.2 Å². The van der Waals surface area contributed by atoms with E-state index in [-0.39, 0.29) is 0 Å². The minimum atomic E-state index is -4.80. The number of benzene rings is 1. The number of aryl methyl sites for hydroxylation is 1. The molecule has 0 amide bonds. The van der Waals surface area contributed by atoms with Crippen LogP contribution in [0.2, 0.25) is 0 Å². The number of halogens is 4. The highest BCUT2D eigenvalue weighted by Crippen LogP contribution is 2.37. The molecule has 0 bridgehead atoms. The van der Waals surface area contributed by atoms with Gasteiger partial charge in [-0.3, -0.25) is 0 Å². The summed E-state index contributed by atoms with van der Waals surface area (Å²) in [6.45, 7) is 1.87. The third kappa shape index (κ3) is 3.59. The van der Waals surface area contributed by atoms with Gasteiger partial charge in [0.15, 0.2) is 11.5 Å². The molecule has 0 aliphatic heterocycles. The van der Waals surface area contributed by atoms with Crippen molar-refractivity contribution in [2.75, 3.05) is 0 Å². The maximum atomic E-state index is 12.0. The molecular formula is C10H10BrF3O2. The highest BCUT2D eigenvalue weighted by atomic mass is 79.9. The first-order chi connectivity index (χ1) is 7.33. The van der Waals surface area contributed by atoms with Crippen molar-refractivity contribution in [2.45, 2.75) is 26.1 Å². The Balaban J connectivity index is 3.09. The van der Waals surface area contributed by atoms with Gasteiger partial charge in [-0.2, -0.15) is 0 Å². The minimum absolute atomic E-state index is 0.427. The van der Waals surface area contributed by atoms with Crippen LogP contribution in [0.3, 0.4) is 0 Å². The molecule has 1 aromatic carbocycles. The van der Waals surface area contributed by atoms with E-state index in [0.29, 0.717) is 16.5 Å². The van der Waals surface area contributed by atoms with E-state index in [4.69, 9.17) is 0 Å². The van der Waals surface area contributed by atoms with Crippen molar-refractivity contribution in [3.8, 4) is 11.5 Å². The number of hydrogen-bond acceptors (Lipinski definition) is 2. The van der Waals surface area contributed by atoms with Crippen LogP contribution in [0.15, 0.2) is 16.6 Å². The molecule has 2 nitrogen and oxygen atoms in total. The molecule has 0 spiro atoms. The number of phenolic OH excluding ortho intramolecular Hbond substituents is 1. The van der Waals surface area contributed by atoms with E-state index in [9.17, 15) is 18.3 Å². The number of rotatable bonds is 3. The highest BCUT2D eigenvalue weighted by Gasteiger charge is 2.32. The lowest BCUT2D eigenvalue weighted by Crippen LogP contribution is -2.17. The van der Waals surface area contributed by atoms with E-state index in [1.807, 2.05) is 6.92 Å². The second-order valence-corrected chi connectivity index (χ2v) is 4.13. The SMILES string of the molecule is CCCc1cc(Br)cc(OC(F)(F)F)c1O. The summed E-state index contributed by atoms with van der Waals surface area (Å²) in [4.78, 5) is 0. The zero-order chi connectivity index (χ0) is 12.3. The first-order valence-electron chi connectivity index (χ1n) is 4.60. The van der Waals surface area contributed by atoms with Gasteiger partial charge in [-0.1, -0.05) is 29.3 Å². The summed E-state index contributed by atoms with van der Waals surface area (Å²) in [5.74, 6) is -1.03. The van der Waals surface area contributed by atoms with Gasteiger partial charge in [0.05, 0.1) is 0 Å². The van der Waals surface area contributed by atoms with Crippen molar-refractivity contribution in [1.82, 2.24) is 0 Å². The molecule has 0 saturated heterocycles. The van der Waals surface area contributed by atoms with Gasteiger partial charge in [0.25, 0.3) is 0 Å². The van der Waals surface area contributed by atoms with Crippen LogP contribution in [0.1, 0.15) is 18.9 Å². The second-order valence-electron chi connectivity index (χ2n) is 3.21. The fourth-order valence-electron chi connectivity index (χ4n) is 1.29. The van der Waals surface area contributed by atoms with E-state index in [1.165, 1.54) is 0 Å². The van der Waals surface area contributed by atoms with Crippen molar-refractivity contribution in [3.63, 3.8) is 0 Å². The fourth-order valence-corrected chi connectivity index (χ4v) is 1.77. The first kappa shape index (κ1) is 13.2. The Labute approximate surface area is 99.2 Å². The summed E-state index contributed by atoms with van der Waals surface area (Å²) in [7, 11) is 0. The molecule has 0 aliphatic carbocycles. The fraction of sp³-hybridized carbons (Fsp3) is 0.400. The molecule has 0 radical (unpaired) electrons. The van der Waals surface area contributed by atoms with Crippen LogP contribution in [0.25, 0.3) is 0 Å². The molecule has 6 heteroatoms. The number of ether oxygens (including phenoxy) is 1. The van der Waals surface area contributed by atoms with Gasteiger partial charge in [0.2, 0.25) is 0 Å². The van der Waals surface area contributed by atoms with E-state index in [2.05, 4.69) is 20.7 Å². The van der Waals surface area contributed by atoms with Crippen LogP contribution in [0.5, 0.6) is 11.5 Å². The highest BCUT2D eigenvalue weighted by molar-refractivity contribution is 9.10. The second kappa shape index (κ2) is 4.95. The topological polar surface area (TPSA) is 29.5 Å². The summed E-state index contributed by atoms with van der Waals surface area (Å²) in [6.07, 6.45) is -3.60. The average Bonchev–Trinajstić information content (AvgIpc) is 2.11. The van der Waals surface area contributed by atoms with Gasteiger partial charge in [0.1, 0.15) is 0 Å². The summed E-state index contributed by atoms with van der Waals surface area (Å²) in [5.41, 5.74) is 0.427. The first-order valence-corrected chi connectivity index (χ1v) is 5.40. The third-order valence-electron chi connectivity index (χ3n) is 1.86. The summed E-state index contributed by atoms with van der Waals surface area (Å²) in [5, 5.41) is 9.56. The minimum Gasteiger partial charge on any atom is -0.504 e. The molecule has 1 aromatic rings. The van der Waals surface area contributed by atoms with Crippen LogP contribution < -0.4 is 4.74 Å². The Hall–Kier alpha value is -0.910. The summed E-state index contributed by atoms with van der Waals surface area (Å²) in [6, 6.07) is 2.66. The lowest BCUT2D eigenvalue weighted by molar-refractivity contribution is -0.275. The largest absolute Gasteiger partial charge is 0.573 e. The predicted octanol–water partition coefficient (Wildman–Crippen LogP) is 4.01. The average molecular weight is 299 g/mol.